The number of carbonyl (C=O) groups excluding carboxylic acids is 1. The third-order valence-electron chi connectivity index (χ3n) is 6.73. The van der Waals surface area contributed by atoms with Crippen LogP contribution >= 0.6 is 0 Å². The SMILES string of the molecule is CCCC/C(N=C(C(C)C)N(C)c1ncc(OCC)cn1)=C(/C=O)Cc1ccc(-c2ccccc2-c2noc(=O)[nH]2)nc1. The van der Waals surface area contributed by atoms with Gasteiger partial charge in [-0.2, -0.15) is 0 Å². The maximum absolute atomic E-state index is 12.5. The second-order valence-corrected chi connectivity index (χ2v) is 10.2. The molecule has 0 bridgehead atoms. The molecule has 0 saturated carbocycles. The molecule has 11 nitrogen and oxygen atoms in total. The fourth-order valence-corrected chi connectivity index (χ4v) is 4.57. The Morgan fingerprint density at radius 2 is 1.81 bits per heavy atom. The van der Waals surface area contributed by atoms with Crippen molar-refractivity contribution in [3.63, 3.8) is 0 Å². The molecule has 1 aromatic carbocycles. The molecule has 0 fully saturated rings. The van der Waals surface area contributed by atoms with Crippen molar-refractivity contribution < 1.29 is 14.1 Å². The number of rotatable bonds is 13. The van der Waals surface area contributed by atoms with Gasteiger partial charge in [0.1, 0.15) is 12.1 Å². The Labute approximate surface area is 250 Å². The molecule has 224 valence electrons. The first kappa shape index (κ1) is 31.0. The van der Waals surface area contributed by atoms with Crippen molar-refractivity contribution in [1.82, 2.24) is 25.1 Å². The summed E-state index contributed by atoms with van der Waals surface area (Å²) in [6.45, 7) is 8.66. The van der Waals surface area contributed by atoms with Crippen molar-refractivity contribution in [2.45, 2.75) is 53.4 Å². The van der Waals surface area contributed by atoms with Crippen LogP contribution in [0.25, 0.3) is 22.6 Å². The number of unbranched alkanes of at least 4 members (excludes halogenated alkanes) is 1. The summed E-state index contributed by atoms with van der Waals surface area (Å²) in [7, 11) is 1.88. The number of aliphatic imine (C=N–C) groups is 1. The minimum Gasteiger partial charge on any atom is -0.491 e. The lowest BCUT2D eigenvalue weighted by molar-refractivity contribution is -0.105. The zero-order valence-electron chi connectivity index (χ0n) is 25.2. The molecule has 0 unspecified atom stereocenters. The maximum Gasteiger partial charge on any atom is 0.439 e. The number of hydrogen-bond donors (Lipinski definition) is 1. The molecule has 0 aliphatic rings. The van der Waals surface area contributed by atoms with E-state index in [9.17, 15) is 9.59 Å². The lowest BCUT2D eigenvalue weighted by Gasteiger charge is -2.23. The Balaban J connectivity index is 1.64. The average molecular weight is 584 g/mol. The first-order chi connectivity index (χ1) is 20.8. The second kappa shape index (κ2) is 14.8. The third-order valence-corrected chi connectivity index (χ3v) is 6.73. The number of carbonyl (C=O) groups is 1. The van der Waals surface area contributed by atoms with E-state index in [-0.39, 0.29) is 5.92 Å². The number of aromatic amines is 1. The quantitative estimate of drug-likeness (QED) is 0.0914. The first-order valence-electron chi connectivity index (χ1n) is 14.4. The normalized spacial score (nSPS) is 12.3. The first-order valence-corrected chi connectivity index (χ1v) is 14.4. The molecule has 0 atom stereocenters. The highest BCUT2D eigenvalue weighted by Crippen LogP contribution is 2.29. The number of H-pyrrole nitrogens is 1. The molecule has 11 heteroatoms. The van der Waals surface area contributed by atoms with Crippen LogP contribution in [0.3, 0.4) is 0 Å². The van der Waals surface area contributed by atoms with Crippen LogP contribution in [0, 0.1) is 5.92 Å². The molecule has 3 aromatic heterocycles. The van der Waals surface area contributed by atoms with Crippen molar-refractivity contribution in [3.05, 3.63) is 82.4 Å². The average Bonchev–Trinajstić information content (AvgIpc) is 3.46. The predicted octanol–water partition coefficient (Wildman–Crippen LogP) is 5.66. The van der Waals surface area contributed by atoms with E-state index in [4.69, 9.17) is 9.73 Å². The highest BCUT2D eigenvalue weighted by molar-refractivity contribution is 5.98. The molecule has 0 spiro atoms. The highest BCUT2D eigenvalue weighted by atomic mass is 16.5. The van der Waals surface area contributed by atoms with Crippen molar-refractivity contribution in [1.29, 1.82) is 0 Å². The van der Waals surface area contributed by atoms with E-state index < -0.39 is 5.76 Å². The molecule has 0 aliphatic heterocycles. The van der Waals surface area contributed by atoms with Crippen LogP contribution < -0.4 is 15.4 Å². The molecule has 43 heavy (non-hydrogen) atoms. The van der Waals surface area contributed by atoms with Crippen LogP contribution in [-0.4, -0.2) is 50.9 Å². The summed E-state index contributed by atoms with van der Waals surface area (Å²) < 4.78 is 10.2. The fourth-order valence-electron chi connectivity index (χ4n) is 4.57. The Morgan fingerprint density at radius 3 is 2.40 bits per heavy atom. The number of nitrogens with one attached hydrogen (secondary N) is 1. The number of aromatic nitrogens is 5. The summed E-state index contributed by atoms with van der Waals surface area (Å²) in [6, 6.07) is 11.3. The Hall–Kier alpha value is -4.93. The zero-order valence-corrected chi connectivity index (χ0v) is 25.2. The number of hydrogen-bond acceptors (Lipinski definition) is 9. The van der Waals surface area contributed by atoms with E-state index in [1.807, 2.05) is 55.3 Å². The number of pyridine rings is 1. The van der Waals surface area contributed by atoms with Crippen molar-refractivity contribution in [2.24, 2.45) is 10.9 Å². The van der Waals surface area contributed by atoms with E-state index in [0.717, 1.165) is 41.8 Å². The second-order valence-electron chi connectivity index (χ2n) is 10.2. The summed E-state index contributed by atoms with van der Waals surface area (Å²) in [5.41, 5.74) is 4.39. The number of anilines is 1. The molecular weight excluding hydrogens is 546 g/mol. The van der Waals surface area contributed by atoms with E-state index in [1.54, 1.807) is 18.6 Å². The zero-order chi connectivity index (χ0) is 30.8. The van der Waals surface area contributed by atoms with Gasteiger partial charge in [-0.3, -0.25) is 19.3 Å². The molecule has 0 amide bonds. The van der Waals surface area contributed by atoms with Crippen LogP contribution in [-0.2, 0) is 11.2 Å². The standard InChI is InChI=1S/C32H37N7O4/c1-6-8-13-27(36-30(21(3)4)39(5)31-34-18-24(19-35-31)42-7-2)23(20-40)16-22-14-15-28(33-17-22)25-11-9-10-12-26(25)29-37-32(41)43-38-29/h9-12,14-15,17-21H,6-8,13,16H2,1-5H3,(H,37,38,41)/b27-23-,36-30?. The van der Waals surface area contributed by atoms with Crippen LogP contribution in [0.5, 0.6) is 5.75 Å². The highest BCUT2D eigenvalue weighted by Gasteiger charge is 2.18. The van der Waals surface area contributed by atoms with Gasteiger partial charge in [0, 0.05) is 48.0 Å². The third kappa shape index (κ3) is 7.88. The van der Waals surface area contributed by atoms with Crippen LogP contribution in [0.2, 0.25) is 0 Å². The fraction of sp³-hybridized carbons (Fsp3) is 0.344. The monoisotopic (exact) mass is 583 g/mol. The molecular formula is C32H37N7O4. The summed E-state index contributed by atoms with van der Waals surface area (Å²) in [5, 5.41) is 3.82. The lowest BCUT2D eigenvalue weighted by Crippen LogP contribution is -2.32. The summed E-state index contributed by atoms with van der Waals surface area (Å²) >= 11 is 0. The Bertz CT molecular complexity index is 1620. The summed E-state index contributed by atoms with van der Waals surface area (Å²) in [5.74, 6) is 1.61. The van der Waals surface area contributed by atoms with E-state index in [0.29, 0.717) is 53.8 Å². The number of amidine groups is 1. The number of allylic oxidation sites excluding steroid dienone is 2. The van der Waals surface area contributed by atoms with Crippen LogP contribution in [0.4, 0.5) is 5.95 Å². The van der Waals surface area contributed by atoms with Gasteiger partial charge in [-0.15, -0.1) is 0 Å². The van der Waals surface area contributed by atoms with Gasteiger partial charge in [0.05, 0.1) is 24.7 Å². The molecule has 0 radical (unpaired) electrons. The molecule has 0 aliphatic carbocycles. The number of ether oxygens (including phenoxy) is 1. The van der Waals surface area contributed by atoms with Gasteiger partial charge in [-0.1, -0.05) is 62.7 Å². The minimum atomic E-state index is -0.623. The van der Waals surface area contributed by atoms with Gasteiger partial charge < -0.3 is 9.64 Å². The summed E-state index contributed by atoms with van der Waals surface area (Å²) in [4.78, 5) is 47.0. The largest absolute Gasteiger partial charge is 0.491 e. The number of nitrogens with zero attached hydrogens (tertiary/aromatic N) is 6. The predicted molar refractivity (Wildman–Crippen MR) is 166 cm³/mol. The Kier molecular flexibility index (Phi) is 10.7. The molecule has 1 N–H and O–H groups in total. The van der Waals surface area contributed by atoms with Crippen molar-refractivity contribution >= 4 is 18.1 Å². The molecule has 4 rings (SSSR count). The summed E-state index contributed by atoms with van der Waals surface area (Å²) in [6.07, 6.45) is 8.83. The lowest BCUT2D eigenvalue weighted by atomic mass is 10.0. The van der Waals surface area contributed by atoms with E-state index in [1.165, 1.54) is 0 Å². The molecule has 4 aromatic rings. The van der Waals surface area contributed by atoms with Gasteiger partial charge in [0.2, 0.25) is 5.95 Å². The van der Waals surface area contributed by atoms with Crippen LogP contribution in [0.15, 0.2) is 80.6 Å². The van der Waals surface area contributed by atoms with Crippen molar-refractivity contribution in [2.75, 3.05) is 18.6 Å². The van der Waals surface area contributed by atoms with Gasteiger partial charge >= 0.3 is 5.76 Å². The van der Waals surface area contributed by atoms with Gasteiger partial charge in [0.15, 0.2) is 11.6 Å². The van der Waals surface area contributed by atoms with Crippen molar-refractivity contribution in [3.8, 4) is 28.4 Å². The van der Waals surface area contributed by atoms with Crippen LogP contribution in [0.1, 0.15) is 52.5 Å². The smallest absolute Gasteiger partial charge is 0.439 e. The van der Waals surface area contributed by atoms with E-state index in [2.05, 4.69) is 50.4 Å². The van der Waals surface area contributed by atoms with Gasteiger partial charge in [0.25, 0.3) is 0 Å². The van der Waals surface area contributed by atoms with E-state index >= 15 is 0 Å². The maximum atomic E-state index is 12.5. The molecule has 3 heterocycles. The minimum absolute atomic E-state index is 0.0466. The number of aldehydes is 1. The molecule has 0 saturated heterocycles. The number of benzene rings is 1. The van der Waals surface area contributed by atoms with Gasteiger partial charge in [-0.05, 0) is 31.4 Å². The van der Waals surface area contributed by atoms with Gasteiger partial charge in [-0.25, -0.2) is 19.8 Å². The Morgan fingerprint density at radius 1 is 1.07 bits per heavy atom. The topological polar surface area (TPSA) is 139 Å².